The van der Waals surface area contributed by atoms with Gasteiger partial charge < -0.3 is 9.47 Å². The molecule has 7 heteroatoms. The Kier molecular flexibility index (Phi) is 7.37. The average Bonchev–Trinajstić information content (AvgIpc) is 2.69. The first kappa shape index (κ1) is 20.0. The molecule has 0 aliphatic heterocycles. The number of carbonyl (C=O) groups is 2. The Morgan fingerprint density at radius 2 is 1.85 bits per heavy atom. The van der Waals surface area contributed by atoms with Gasteiger partial charge in [0, 0.05) is 6.08 Å². The second kappa shape index (κ2) is 9.96. The first-order valence-corrected chi connectivity index (χ1v) is 8.34. The number of benzene rings is 2. The quantitative estimate of drug-likeness (QED) is 0.579. The minimum atomic E-state index is -0.563. The van der Waals surface area contributed by atoms with Gasteiger partial charge >= 0.3 is 0 Å². The molecule has 2 aromatic rings. The molecule has 2 rings (SSSR count). The summed E-state index contributed by atoms with van der Waals surface area (Å²) in [5, 5.41) is 0. The third-order valence-electron chi connectivity index (χ3n) is 3.63. The molecule has 0 heterocycles. The Labute approximate surface area is 157 Å². The zero-order valence-corrected chi connectivity index (χ0v) is 15.1. The maximum Gasteiger partial charge on any atom is 0.276 e. The molecule has 2 N–H and O–H groups in total. The van der Waals surface area contributed by atoms with Crippen molar-refractivity contribution in [2.45, 2.75) is 13.3 Å². The molecule has 0 saturated heterocycles. The summed E-state index contributed by atoms with van der Waals surface area (Å²) in [6, 6.07) is 11.7. The fourth-order valence-electron chi connectivity index (χ4n) is 2.14. The highest BCUT2D eigenvalue weighted by atomic mass is 19.1. The molecule has 6 nitrogen and oxygen atoms in total. The van der Waals surface area contributed by atoms with Crippen LogP contribution < -0.4 is 20.3 Å². The van der Waals surface area contributed by atoms with E-state index in [0.717, 1.165) is 6.42 Å². The highest BCUT2D eigenvalue weighted by Crippen LogP contribution is 2.18. The highest BCUT2D eigenvalue weighted by Gasteiger charge is 2.05. The second-order valence-corrected chi connectivity index (χ2v) is 5.55. The van der Waals surface area contributed by atoms with Crippen molar-refractivity contribution >= 4 is 17.9 Å². The van der Waals surface area contributed by atoms with E-state index in [4.69, 9.17) is 9.47 Å². The minimum Gasteiger partial charge on any atom is -0.494 e. The normalized spacial score (nSPS) is 10.5. The monoisotopic (exact) mass is 372 g/mol. The van der Waals surface area contributed by atoms with Gasteiger partial charge in [-0.2, -0.15) is 0 Å². The number of hydrogen-bond donors (Lipinski definition) is 2. The summed E-state index contributed by atoms with van der Waals surface area (Å²) in [4.78, 5) is 23.4. The van der Waals surface area contributed by atoms with Crippen molar-refractivity contribution in [2.24, 2.45) is 0 Å². The number of hydrogen-bond acceptors (Lipinski definition) is 4. The van der Waals surface area contributed by atoms with Crippen LogP contribution in [-0.2, 0) is 16.0 Å². The van der Waals surface area contributed by atoms with Gasteiger partial charge in [-0.05, 0) is 47.9 Å². The van der Waals surface area contributed by atoms with E-state index in [1.165, 1.54) is 37.0 Å². The van der Waals surface area contributed by atoms with Crippen LogP contribution in [0.4, 0.5) is 4.39 Å². The Morgan fingerprint density at radius 1 is 1.11 bits per heavy atom. The zero-order valence-electron chi connectivity index (χ0n) is 15.1. The Hall–Kier alpha value is -3.35. The predicted octanol–water partition coefficient (Wildman–Crippen LogP) is 2.64. The molecule has 142 valence electrons. The van der Waals surface area contributed by atoms with E-state index in [2.05, 4.69) is 10.9 Å². The van der Waals surface area contributed by atoms with Crippen LogP contribution in [0.2, 0.25) is 0 Å². The van der Waals surface area contributed by atoms with Crippen molar-refractivity contribution < 1.29 is 23.5 Å². The van der Waals surface area contributed by atoms with Gasteiger partial charge in [-0.1, -0.05) is 25.1 Å². The first-order valence-electron chi connectivity index (χ1n) is 8.34. The number of halogens is 1. The van der Waals surface area contributed by atoms with E-state index in [-0.39, 0.29) is 12.4 Å². The third kappa shape index (κ3) is 6.47. The lowest BCUT2D eigenvalue weighted by molar-refractivity contribution is -0.128. The molecular weight excluding hydrogens is 351 g/mol. The molecule has 0 aromatic heterocycles. The standard InChI is InChI=1S/C20H21FN2O4/c1-3-14-4-8-16(9-5-14)27-13-20(25)23-22-19(24)11-7-15-6-10-18(26-2)17(21)12-15/h4-12H,3,13H2,1-2H3,(H,22,24)(H,23,25)/b11-7+. The molecule has 0 spiro atoms. The van der Waals surface area contributed by atoms with E-state index >= 15 is 0 Å². The first-order chi connectivity index (χ1) is 13.0. The van der Waals surface area contributed by atoms with Crippen LogP contribution in [0.25, 0.3) is 6.08 Å². The summed E-state index contributed by atoms with van der Waals surface area (Å²) >= 11 is 0. The van der Waals surface area contributed by atoms with Crippen LogP contribution in [-0.4, -0.2) is 25.5 Å². The van der Waals surface area contributed by atoms with E-state index in [9.17, 15) is 14.0 Å². The predicted molar refractivity (Wildman–Crippen MR) is 99.6 cm³/mol. The van der Waals surface area contributed by atoms with E-state index in [0.29, 0.717) is 11.3 Å². The fraction of sp³-hybridized carbons (Fsp3) is 0.200. The van der Waals surface area contributed by atoms with Gasteiger partial charge in [0.2, 0.25) is 0 Å². The van der Waals surface area contributed by atoms with Gasteiger partial charge in [-0.15, -0.1) is 0 Å². The molecule has 0 radical (unpaired) electrons. The van der Waals surface area contributed by atoms with Gasteiger partial charge in [0.15, 0.2) is 18.2 Å². The van der Waals surface area contributed by atoms with Crippen molar-refractivity contribution in [3.05, 3.63) is 65.5 Å². The number of rotatable bonds is 7. The lowest BCUT2D eigenvalue weighted by Crippen LogP contribution is -2.43. The molecule has 0 fully saturated rings. The van der Waals surface area contributed by atoms with Crippen molar-refractivity contribution in [1.82, 2.24) is 10.9 Å². The van der Waals surface area contributed by atoms with Gasteiger partial charge in [0.25, 0.3) is 11.8 Å². The summed E-state index contributed by atoms with van der Waals surface area (Å²) in [6.07, 6.45) is 3.51. The molecule has 27 heavy (non-hydrogen) atoms. The molecule has 0 atom stereocenters. The largest absolute Gasteiger partial charge is 0.494 e. The summed E-state index contributed by atoms with van der Waals surface area (Å²) in [5.41, 5.74) is 6.10. The highest BCUT2D eigenvalue weighted by molar-refractivity contribution is 5.93. The molecule has 2 aromatic carbocycles. The van der Waals surface area contributed by atoms with Crippen LogP contribution in [0.5, 0.6) is 11.5 Å². The van der Waals surface area contributed by atoms with Crippen molar-refractivity contribution in [2.75, 3.05) is 13.7 Å². The van der Waals surface area contributed by atoms with Crippen LogP contribution in [0.15, 0.2) is 48.5 Å². The molecular formula is C20H21FN2O4. The molecule has 0 aliphatic carbocycles. The van der Waals surface area contributed by atoms with Gasteiger partial charge in [-0.25, -0.2) is 4.39 Å². The topological polar surface area (TPSA) is 76.7 Å². The molecule has 2 amide bonds. The number of methoxy groups -OCH3 is 1. The number of hydrazine groups is 1. The van der Waals surface area contributed by atoms with Crippen LogP contribution >= 0.6 is 0 Å². The molecule has 0 saturated carbocycles. The summed E-state index contributed by atoms with van der Waals surface area (Å²) in [5.74, 6) is -0.917. The van der Waals surface area contributed by atoms with Crippen molar-refractivity contribution in [3.8, 4) is 11.5 Å². The average molecular weight is 372 g/mol. The van der Waals surface area contributed by atoms with Gasteiger partial charge in [-0.3, -0.25) is 20.4 Å². The maximum absolute atomic E-state index is 13.6. The number of nitrogens with one attached hydrogen (secondary N) is 2. The van der Waals surface area contributed by atoms with E-state index < -0.39 is 17.6 Å². The number of ether oxygens (including phenoxy) is 2. The lowest BCUT2D eigenvalue weighted by Gasteiger charge is -2.08. The maximum atomic E-state index is 13.6. The lowest BCUT2D eigenvalue weighted by atomic mass is 10.2. The number of amides is 2. The SMILES string of the molecule is CCc1ccc(OCC(=O)NNC(=O)/C=C/c2ccc(OC)c(F)c2)cc1. The third-order valence-corrected chi connectivity index (χ3v) is 3.63. The summed E-state index contributed by atoms with van der Waals surface area (Å²) in [6.45, 7) is 1.81. The van der Waals surface area contributed by atoms with Gasteiger partial charge in [0.1, 0.15) is 5.75 Å². The van der Waals surface area contributed by atoms with Crippen LogP contribution in [0, 0.1) is 5.82 Å². The van der Waals surface area contributed by atoms with E-state index in [1.54, 1.807) is 18.2 Å². The summed E-state index contributed by atoms with van der Waals surface area (Å²) in [7, 11) is 1.37. The molecule has 0 bridgehead atoms. The Bertz CT molecular complexity index is 819. The van der Waals surface area contributed by atoms with Crippen molar-refractivity contribution in [3.63, 3.8) is 0 Å². The minimum absolute atomic E-state index is 0.119. The molecule has 0 aliphatic rings. The van der Waals surface area contributed by atoms with Gasteiger partial charge in [0.05, 0.1) is 7.11 Å². The van der Waals surface area contributed by atoms with Crippen molar-refractivity contribution in [1.29, 1.82) is 0 Å². The number of carbonyl (C=O) groups excluding carboxylic acids is 2. The van der Waals surface area contributed by atoms with Crippen LogP contribution in [0.3, 0.4) is 0 Å². The second-order valence-electron chi connectivity index (χ2n) is 5.55. The molecule has 0 unspecified atom stereocenters. The fourth-order valence-corrected chi connectivity index (χ4v) is 2.14. The summed E-state index contributed by atoms with van der Waals surface area (Å²) < 4.78 is 23.7. The number of aryl methyl sites for hydroxylation is 1. The van der Waals surface area contributed by atoms with Crippen LogP contribution in [0.1, 0.15) is 18.1 Å². The zero-order chi connectivity index (χ0) is 19.6. The smallest absolute Gasteiger partial charge is 0.276 e. The Balaban J connectivity index is 1.75. The van der Waals surface area contributed by atoms with E-state index in [1.807, 2.05) is 19.1 Å². The Morgan fingerprint density at radius 3 is 2.48 bits per heavy atom.